The zero-order valence-electron chi connectivity index (χ0n) is 12.0. The van der Waals surface area contributed by atoms with E-state index in [9.17, 15) is 0 Å². The van der Waals surface area contributed by atoms with Crippen LogP contribution in [0.25, 0.3) is 0 Å². The third-order valence-electron chi connectivity index (χ3n) is 4.42. The van der Waals surface area contributed by atoms with Crippen molar-refractivity contribution in [3.63, 3.8) is 0 Å². The molecule has 0 fully saturated rings. The molecule has 3 rings (SSSR count). The monoisotopic (exact) mass is 377 g/mol. The normalized spacial score (nSPS) is 21.6. The first-order chi connectivity index (χ1) is 9.70. The fraction of sp³-hybridized carbons (Fsp3) is 0.333. The van der Waals surface area contributed by atoms with Gasteiger partial charge in [-0.05, 0) is 77.7 Å². The van der Waals surface area contributed by atoms with Crippen LogP contribution >= 0.6 is 22.6 Å². The number of benzene rings is 2. The second-order valence-corrected chi connectivity index (χ2v) is 6.77. The molecule has 0 saturated carbocycles. The van der Waals surface area contributed by atoms with Gasteiger partial charge in [0.1, 0.15) is 0 Å². The Morgan fingerprint density at radius 1 is 1.05 bits per heavy atom. The largest absolute Gasteiger partial charge is 0.313 e. The summed E-state index contributed by atoms with van der Waals surface area (Å²) in [6.45, 7) is 2.20. The Kier molecular flexibility index (Phi) is 4.13. The van der Waals surface area contributed by atoms with E-state index in [1.807, 2.05) is 0 Å². The van der Waals surface area contributed by atoms with E-state index in [-0.39, 0.29) is 0 Å². The number of hydrogen-bond donors (Lipinski definition) is 1. The first kappa shape index (κ1) is 14.1. The van der Waals surface area contributed by atoms with E-state index < -0.39 is 0 Å². The van der Waals surface area contributed by atoms with E-state index in [1.54, 1.807) is 0 Å². The van der Waals surface area contributed by atoms with Crippen molar-refractivity contribution in [3.05, 3.63) is 68.3 Å². The van der Waals surface area contributed by atoms with Gasteiger partial charge in [-0.25, -0.2) is 0 Å². The van der Waals surface area contributed by atoms with Gasteiger partial charge in [0.05, 0.1) is 0 Å². The summed E-state index contributed by atoms with van der Waals surface area (Å²) in [6, 6.07) is 16.3. The predicted octanol–water partition coefficient (Wildman–Crippen LogP) is 4.79. The molecule has 1 N–H and O–H groups in total. The van der Waals surface area contributed by atoms with E-state index in [4.69, 9.17) is 0 Å². The van der Waals surface area contributed by atoms with Gasteiger partial charge in [0.25, 0.3) is 0 Å². The summed E-state index contributed by atoms with van der Waals surface area (Å²) in [5, 5.41) is 3.45. The highest BCUT2D eigenvalue weighted by Crippen LogP contribution is 2.41. The van der Waals surface area contributed by atoms with Crippen LogP contribution in [0.3, 0.4) is 0 Å². The average Bonchev–Trinajstić information content (AvgIpc) is 2.49. The first-order valence-corrected chi connectivity index (χ1v) is 8.30. The van der Waals surface area contributed by atoms with Crippen LogP contribution in [-0.2, 0) is 0 Å². The maximum atomic E-state index is 3.45. The number of fused-ring (bicyclic) bond motifs is 1. The minimum absolute atomic E-state index is 0.507. The molecule has 0 bridgehead atoms. The highest BCUT2D eigenvalue weighted by molar-refractivity contribution is 14.1. The van der Waals surface area contributed by atoms with Crippen LogP contribution < -0.4 is 5.32 Å². The van der Waals surface area contributed by atoms with Crippen molar-refractivity contribution in [2.75, 3.05) is 7.05 Å². The second-order valence-electron chi connectivity index (χ2n) is 5.61. The van der Waals surface area contributed by atoms with Crippen molar-refractivity contribution in [2.24, 2.45) is 0 Å². The van der Waals surface area contributed by atoms with Gasteiger partial charge in [0, 0.05) is 15.5 Å². The molecule has 2 atom stereocenters. The number of hydrogen-bond acceptors (Lipinski definition) is 1. The zero-order chi connectivity index (χ0) is 14.1. The quantitative estimate of drug-likeness (QED) is 0.743. The van der Waals surface area contributed by atoms with Crippen LogP contribution in [0.2, 0.25) is 0 Å². The maximum Gasteiger partial charge on any atom is 0.0320 e. The van der Waals surface area contributed by atoms with Crippen molar-refractivity contribution in [1.82, 2.24) is 5.32 Å². The van der Waals surface area contributed by atoms with Gasteiger partial charge in [-0.15, -0.1) is 0 Å². The lowest BCUT2D eigenvalue weighted by atomic mass is 9.76. The summed E-state index contributed by atoms with van der Waals surface area (Å²) in [4.78, 5) is 0. The topological polar surface area (TPSA) is 12.0 Å². The fourth-order valence-electron chi connectivity index (χ4n) is 3.32. The lowest BCUT2D eigenvalue weighted by Crippen LogP contribution is -2.24. The SMILES string of the molecule is CN[C@H]1CC[C@@H](c2ccc(I)c(C)c2)c2ccccc21. The van der Waals surface area contributed by atoms with Crippen molar-refractivity contribution >= 4 is 22.6 Å². The highest BCUT2D eigenvalue weighted by atomic mass is 127. The third kappa shape index (κ3) is 2.51. The van der Waals surface area contributed by atoms with Crippen LogP contribution in [0, 0.1) is 10.5 Å². The van der Waals surface area contributed by atoms with Gasteiger partial charge in [0.15, 0.2) is 0 Å². The van der Waals surface area contributed by atoms with Crippen molar-refractivity contribution < 1.29 is 0 Å². The Balaban J connectivity index is 2.05. The standard InChI is InChI=1S/C18H20IN/c1-12-11-13(7-9-17(12)19)14-8-10-18(20-2)16-6-4-3-5-15(14)16/h3-7,9,11,14,18,20H,8,10H2,1-2H3/t14-,18-/m0/s1. The third-order valence-corrected chi connectivity index (χ3v) is 5.63. The van der Waals surface area contributed by atoms with Crippen LogP contribution in [-0.4, -0.2) is 7.05 Å². The molecule has 2 aromatic carbocycles. The molecule has 0 unspecified atom stereocenters. The summed E-state index contributed by atoms with van der Waals surface area (Å²) in [5.41, 5.74) is 5.82. The van der Waals surface area contributed by atoms with Crippen LogP contribution in [0.5, 0.6) is 0 Å². The molecule has 0 radical (unpaired) electrons. The number of aryl methyl sites for hydroxylation is 1. The number of rotatable bonds is 2. The van der Waals surface area contributed by atoms with E-state index in [2.05, 4.69) is 84.3 Å². The molecule has 2 heteroatoms. The van der Waals surface area contributed by atoms with Gasteiger partial charge < -0.3 is 5.32 Å². The van der Waals surface area contributed by atoms with E-state index in [0.29, 0.717) is 12.0 Å². The van der Waals surface area contributed by atoms with Gasteiger partial charge >= 0.3 is 0 Å². The Morgan fingerprint density at radius 2 is 1.80 bits per heavy atom. The minimum Gasteiger partial charge on any atom is -0.313 e. The van der Waals surface area contributed by atoms with Crippen LogP contribution in [0.15, 0.2) is 42.5 Å². The molecule has 20 heavy (non-hydrogen) atoms. The zero-order valence-corrected chi connectivity index (χ0v) is 14.1. The second kappa shape index (κ2) is 5.86. The Bertz CT molecular complexity index is 621. The molecule has 0 spiro atoms. The molecule has 0 aromatic heterocycles. The molecule has 0 aliphatic heterocycles. The maximum absolute atomic E-state index is 3.45. The smallest absolute Gasteiger partial charge is 0.0320 e. The summed E-state index contributed by atoms with van der Waals surface area (Å²) in [7, 11) is 2.07. The lowest BCUT2D eigenvalue weighted by Gasteiger charge is -2.32. The lowest BCUT2D eigenvalue weighted by molar-refractivity contribution is 0.471. The average molecular weight is 377 g/mol. The molecule has 104 valence electrons. The first-order valence-electron chi connectivity index (χ1n) is 7.23. The van der Waals surface area contributed by atoms with Gasteiger partial charge in [-0.2, -0.15) is 0 Å². The van der Waals surface area contributed by atoms with Crippen LogP contribution in [0.1, 0.15) is 47.1 Å². The van der Waals surface area contributed by atoms with E-state index >= 15 is 0 Å². The molecular formula is C18H20IN. The van der Waals surface area contributed by atoms with E-state index in [1.165, 1.54) is 38.7 Å². The summed E-state index contributed by atoms with van der Waals surface area (Å²) in [5.74, 6) is 0.548. The van der Waals surface area contributed by atoms with Crippen LogP contribution in [0.4, 0.5) is 0 Å². The molecule has 0 heterocycles. The summed E-state index contributed by atoms with van der Waals surface area (Å²) >= 11 is 2.41. The summed E-state index contributed by atoms with van der Waals surface area (Å²) < 4.78 is 1.35. The summed E-state index contributed by atoms with van der Waals surface area (Å²) in [6.07, 6.45) is 2.44. The van der Waals surface area contributed by atoms with Gasteiger partial charge in [-0.3, -0.25) is 0 Å². The Morgan fingerprint density at radius 3 is 2.50 bits per heavy atom. The number of nitrogens with one attached hydrogen (secondary N) is 1. The molecular weight excluding hydrogens is 357 g/mol. The molecule has 0 amide bonds. The highest BCUT2D eigenvalue weighted by Gasteiger charge is 2.27. The van der Waals surface area contributed by atoms with Crippen molar-refractivity contribution in [3.8, 4) is 0 Å². The Labute approximate surface area is 134 Å². The number of halogens is 1. The molecule has 0 saturated heterocycles. The Hall–Kier alpha value is -0.870. The van der Waals surface area contributed by atoms with Gasteiger partial charge in [0.2, 0.25) is 0 Å². The minimum atomic E-state index is 0.507. The molecule has 1 aliphatic rings. The fourth-order valence-corrected chi connectivity index (χ4v) is 3.66. The predicted molar refractivity (Wildman–Crippen MR) is 93.2 cm³/mol. The van der Waals surface area contributed by atoms with E-state index in [0.717, 1.165) is 0 Å². The van der Waals surface area contributed by atoms with Crippen molar-refractivity contribution in [2.45, 2.75) is 31.7 Å². The molecule has 1 nitrogen and oxygen atoms in total. The molecule has 2 aromatic rings. The van der Waals surface area contributed by atoms with Gasteiger partial charge in [-0.1, -0.05) is 36.4 Å². The molecule has 1 aliphatic carbocycles. The van der Waals surface area contributed by atoms with Crippen molar-refractivity contribution in [1.29, 1.82) is 0 Å².